The summed E-state index contributed by atoms with van der Waals surface area (Å²) in [6, 6.07) is 9.76. The second-order valence-electron chi connectivity index (χ2n) is 4.45. The van der Waals surface area contributed by atoms with E-state index in [1.54, 1.807) is 11.3 Å². The Bertz CT molecular complexity index is 950. The van der Waals surface area contributed by atoms with Crippen LogP contribution in [0.1, 0.15) is 10.7 Å². The summed E-state index contributed by atoms with van der Waals surface area (Å²) in [5.74, 6) is 0.831. The molecule has 0 unspecified atom stereocenters. The average Bonchev–Trinajstić information content (AvgIpc) is 3.20. The van der Waals surface area contributed by atoms with Gasteiger partial charge in [0.05, 0.1) is 5.69 Å². The molecule has 1 N–H and O–H groups in total. The van der Waals surface area contributed by atoms with E-state index in [-0.39, 0.29) is 0 Å². The van der Waals surface area contributed by atoms with Gasteiger partial charge in [-0.15, -0.1) is 11.3 Å². The molecule has 1 aromatic carbocycles. The highest BCUT2D eigenvalue weighted by molar-refractivity contribution is 7.71. The van der Waals surface area contributed by atoms with Crippen molar-refractivity contribution in [2.24, 2.45) is 0 Å². The van der Waals surface area contributed by atoms with Gasteiger partial charge in [0.25, 0.3) is 0 Å². The van der Waals surface area contributed by atoms with Crippen molar-refractivity contribution >= 4 is 34.6 Å². The third kappa shape index (κ3) is 2.08. The number of nitrogens with zero attached hydrogens (tertiary/aromatic N) is 4. The van der Waals surface area contributed by atoms with Gasteiger partial charge in [0.15, 0.2) is 10.3 Å². The smallest absolute Gasteiger partial charge is 0.199 e. The lowest BCUT2D eigenvalue weighted by molar-refractivity contribution is 0.315. The van der Waals surface area contributed by atoms with E-state index in [1.807, 2.05) is 34.2 Å². The number of hydrogen-bond donors (Lipinski definition) is 1. The van der Waals surface area contributed by atoms with Crippen LogP contribution < -0.4 is 0 Å². The summed E-state index contributed by atoms with van der Waals surface area (Å²) in [6.07, 6.45) is 0.701. The summed E-state index contributed by atoms with van der Waals surface area (Å²) in [5, 5.41) is 17.0. The number of benzene rings is 1. The summed E-state index contributed by atoms with van der Waals surface area (Å²) in [5.41, 5.74) is 2.18. The second-order valence-corrected chi connectivity index (χ2v) is 5.86. The maximum Gasteiger partial charge on any atom is 0.199 e. The van der Waals surface area contributed by atoms with Crippen molar-refractivity contribution in [3.8, 4) is 5.69 Å². The van der Waals surface area contributed by atoms with Crippen LogP contribution in [-0.2, 0) is 6.42 Å². The number of hydrogen-bond acceptors (Lipinski definition) is 6. The summed E-state index contributed by atoms with van der Waals surface area (Å²) in [7, 11) is 0. The van der Waals surface area contributed by atoms with Crippen LogP contribution in [-0.4, -0.2) is 25.1 Å². The van der Waals surface area contributed by atoms with E-state index >= 15 is 0 Å². The zero-order chi connectivity index (χ0) is 14.2. The van der Waals surface area contributed by atoms with Gasteiger partial charge in [-0.3, -0.25) is 9.67 Å². The molecule has 0 amide bonds. The van der Waals surface area contributed by atoms with Crippen molar-refractivity contribution in [2.45, 2.75) is 6.42 Å². The molecule has 0 radical (unpaired) electrons. The molecule has 3 aromatic heterocycles. The van der Waals surface area contributed by atoms with Crippen LogP contribution in [0, 0.1) is 4.77 Å². The van der Waals surface area contributed by atoms with Crippen molar-refractivity contribution in [1.82, 2.24) is 25.1 Å². The number of thiophene rings is 1. The third-order valence-corrected chi connectivity index (χ3v) is 4.31. The molecule has 0 fully saturated rings. The van der Waals surface area contributed by atoms with Crippen molar-refractivity contribution in [1.29, 1.82) is 0 Å². The van der Waals surface area contributed by atoms with Crippen LogP contribution in [0.15, 0.2) is 40.3 Å². The van der Waals surface area contributed by atoms with Gasteiger partial charge < -0.3 is 0 Å². The van der Waals surface area contributed by atoms with Crippen LogP contribution in [0.2, 0.25) is 0 Å². The molecule has 0 saturated carbocycles. The number of aromatic amines is 1. The van der Waals surface area contributed by atoms with E-state index in [1.165, 1.54) is 4.88 Å². The normalized spacial score (nSPS) is 11.2. The van der Waals surface area contributed by atoms with Gasteiger partial charge in [-0.1, -0.05) is 12.1 Å². The zero-order valence-electron chi connectivity index (χ0n) is 10.7. The summed E-state index contributed by atoms with van der Waals surface area (Å²) in [6.45, 7) is 0. The Kier molecular flexibility index (Phi) is 2.90. The first kappa shape index (κ1) is 12.4. The van der Waals surface area contributed by atoms with Crippen LogP contribution in [0.5, 0.6) is 0 Å². The van der Waals surface area contributed by atoms with Crippen molar-refractivity contribution < 1.29 is 4.63 Å². The number of H-pyrrole nitrogens is 1. The highest BCUT2D eigenvalue weighted by Crippen LogP contribution is 2.22. The lowest BCUT2D eigenvalue weighted by atomic mass is 10.2. The molecule has 3 heterocycles. The highest BCUT2D eigenvalue weighted by atomic mass is 32.1. The van der Waals surface area contributed by atoms with Gasteiger partial charge in [0.1, 0.15) is 11.3 Å². The molecular weight excluding hydrogens is 306 g/mol. The fourth-order valence-corrected chi connectivity index (χ4v) is 3.19. The van der Waals surface area contributed by atoms with E-state index in [2.05, 4.69) is 26.6 Å². The number of nitrogens with one attached hydrogen (secondary N) is 1. The third-order valence-electron chi connectivity index (χ3n) is 3.16. The quantitative estimate of drug-likeness (QED) is 0.588. The van der Waals surface area contributed by atoms with E-state index in [0.29, 0.717) is 22.2 Å². The second kappa shape index (κ2) is 4.90. The molecule has 0 spiro atoms. The Hall–Kier alpha value is -2.32. The average molecular weight is 315 g/mol. The molecule has 6 nitrogen and oxygen atoms in total. The van der Waals surface area contributed by atoms with Crippen LogP contribution in [0.4, 0.5) is 0 Å². The first-order valence-corrected chi connectivity index (χ1v) is 7.52. The number of fused-ring (bicyclic) bond motifs is 1. The molecule has 4 aromatic rings. The van der Waals surface area contributed by atoms with Gasteiger partial charge in [-0.25, -0.2) is 4.63 Å². The molecular formula is C13H9N5OS2. The van der Waals surface area contributed by atoms with Gasteiger partial charge in [0, 0.05) is 11.3 Å². The van der Waals surface area contributed by atoms with Gasteiger partial charge >= 0.3 is 0 Å². The minimum atomic E-state index is 0.525. The molecule has 8 heteroatoms. The van der Waals surface area contributed by atoms with E-state index in [9.17, 15) is 0 Å². The minimum absolute atomic E-state index is 0.525. The molecule has 21 heavy (non-hydrogen) atoms. The Balaban J connectivity index is 1.90. The monoisotopic (exact) mass is 315 g/mol. The van der Waals surface area contributed by atoms with E-state index in [0.717, 1.165) is 11.5 Å². The topological polar surface area (TPSA) is 72.5 Å². The summed E-state index contributed by atoms with van der Waals surface area (Å²) >= 11 is 7.05. The largest absolute Gasteiger partial charge is 0.269 e. The Morgan fingerprint density at radius 1 is 1.24 bits per heavy atom. The molecule has 0 atom stereocenters. The molecule has 0 bridgehead atoms. The molecule has 0 saturated heterocycles. The van der Waals surface area contributed by atoms with E-state index < -0.39 is 0 Å². The maximum atomic E-state index is 5.36. The van der Waals surface area contributed by atoms with Crippen LogP contribution in [0.3, 0.4) is 0 Å². The molecule has 0 aliphatic rings. The Morgan fingerprint density at radius 2 is 2.19 bits per heavy atom. The maximum absolute atomic E-state index is 5.36. The van der Waals surface area contributed by atoms with Gasteiger partial charge in [-0.2, -0.15) is 5.10 Å². The summed E-state index contributed by atoms with van der Waals surface area (Å²) < 4.78 is 7.21. The van der Waals surface area contributed by atoms with Crippen molar-refractivity contribution in [3.05, 3.63) is 51.2 Å². The van der Waals surface area contributed by atoms with Crippen molar-refractivity contribution in [2.75, 3.05) is 0 Å². The summed E-state index contributed by atoms with van der Waals surface area (Å²) in [4.78, 5) is 1.22. The fourth-order valence-electron chi connectivity index (χ4n) is 2.24. The molecule has 0 aliphatic heterocycles. The predicted molar refractivity (Wildman–Crippen MR) is 81.2 cm³/mol. The first-order valence-electron chi connectivity index (χ1n) is 6.23. The lowest BCUT2D eigenvalue weighted by Crippen LogP contribution is -2.02. The highest BCUT2D eigenvalue weighted by Gasteiger charge is 2.14. The van der Waals surface area contributed by atoms with Gasteiger partial charge in [-0.05, 0) is 46.1 Å². The molecule has 0 aliphatic carbocycles. The Morgan fingerprint density at radius 3 is 3.05 bits per heavy atom. The molecule has 4 rings (SSSR count). The van der Waals surface area contributed by atoms with Crippen LogP contribution >= 0.6 is 23.6 Å². The van der Waals surface area contributed by atoms with Crippen molar-refractivity contribution in [3.63, 3.8) is 0 Å². The lowest BCUT2D eigenvalue weighted by Gasteiger charge is -2.05. The van der Waals surface area contributed by atoms with E-state index in [4.69, 9.17) is 16.8 Å². The Labute approximate surface area is 128 Å². The number of rotatable bonds is 3. The predicted octanol–water partition coefficient (Wildman–Crippen LogP) is 3.12. The fraction of sp³-hybridized carbons (Fsp3) is 0.0769. The van der Waals surface area contributed by atoms with Gasteiger partial charge in [0.2, 0.25) is 0 Å². The standard InChI is InChI=1S/C13H9N5OS2/c20-13-15-14-11(7-8-3-2-6-21-8)18(13)10-5-1-4-9-12(10)17-19-16-9/h1-6H,7H2,(H,15,20). The number of aromatic nitrogens is 5. The van der Waals surface area contributed by atoms with Crippen LogP contribution in [0.25, 0.3) is 16.7 Å². The zero-order valence-corrected chi connectivity index (χ0v) is 12.3. The molecule has 104 valence electrons. The minimum Gasteiger partial charge on any atom is -0.269 e. The SMILES string of the molecule is S=c1[nH]nc(Cc2cccs2)n1-c1cccc2nonc12. The first-order chi connectivity index (χ1) is 10.3.